The van der Waals surface area contributed by atoms with Gasteiger partial charge < -0.3 is 33.3 Å². The van der Waals surface area contributed by atoms with E-state index in [0.29, 0.717) is 6.54 Å². The van der Waals surface area contributed by atoms with Crippen molar-refractivity contribution < 1.29 is 47.6 Å². The first-order valence-corrected chi connectivity index (χ1v) is 12.3. The lowest BCUT2D eigenvalue weighted by molar-refractivity contribution is -0.247. The lowest BCUT2D eigenvalue weighted by atomic mass is 9.83. The summed E-state index contributed by atoms with van der Waals surface area (Å²) in [4.78, 5) is 41.4. The van der Waals surface area contributed by atoms with Gasteiger partial charge in [-0.2, -0.15) is 5.06 Å². The molecule has 0 N–H and O–H groups in total. The molecule has 3 unspecified atom stereocenters. The van der Waals surface area contributed by atoms with Crippen LogP contribution in [0, 0.1) is 5.92 Å². The maximum Gasteiger partial charge on any atom is 0.303 e. The summed E-state index contributed by atoms with van der Waals surface area (Å²) in [6.07, 6.45) is -3.60. The summed E-state index contributed by atoms with van der Waals surface area (Å²) < 4.78 is 35.4. The number of esters is 3. The molecule has 2 saturated heterocycles. The van der Waals surface area contributed by atoms with Crippen LogP contribution in [0.15, 0.2) is 0 Å². The third-order valence-corrected chi connectivity index (χ3v) is 5.73. The summed E-state index contributed by atoms with van der Waals surface area (Å²) in [6.45, 7) is 15.9. The molecule has 2 aliphatic rings. The Hall–Kier alpha value is -1.79. The number of carbonyl (C=O) groups is 3. The van der Waals surface area contributed by atoms with Crippen molar-refractivity contribution in [1.82, 2.24) is 5.06 Å². The third-order valence-electron chi connectivity index (χ3n) is 5.73. The minimum absolute atomic E-state index is 0.110. The van der Waals surface area contributed by atoms with Gasteiger partial charge in [-0.15, -0.1) is 0 Å². The Labute approximate surface area is 213 Å². The van der Waals surface area contributed by atoms with Crippen molar-refractivity contribution >= 4 is 17.9 Å². The predicted octanol–water partition coefficient (Wildman–Crippen LogP) is 2.04. The van der Waals surface area contributed by atoms with Crippen LogP contribution in [-0.2, 0) is 47.6 Å². The quantitative estimate of drug-likeness (QED) is 0.347. The van der Waals surface area contributed by atoms with Crippen LogP contribution in [0.25, 0.3) is 0 Å². The van der Waals surface area contributed by atoms with Crippen LogP contribution in [0.1, 0.15) is 62.3 Å². The molecule has 0 aliphatic carbocycles. The standard InChI is InChI=1S/C25H43NO10/c1-14(27)31-13-19-23(34-16(3)29)21(33-15(2)28)17(12-32-19)20-22(36-25(7,8)9)18(11-26(20)30-10)35-24(4,5)6/h17-23H,11-13H2,1-10H3/t17?,18-,19?,20-,21?,22+,23+/m1/s1. The first-order chi connectivity index (χ1) is 16.5. The summed E-state index contributed by atoms with van der Waals surface area (Å²) in [5, 5.41) is 1.74. The molecule has 36 heavy (non-hydrogen) atoms. The Balaban J connectivity index is 2.51. The largest absolute Gasteiger partial charge is 0.463 e. The van der Waals surface area contributed by atoms with Crippen LogP contribution >= 0.6 is 0 Å². The number of hydroxylamine groups is 2. The zero-order valence-electron chi connectivity index (χ0n) is 23.2. The molecule has 208 valence electrons. The van der Waals surface area contributed by atoms with Crippen molar-refractivity contribution in [2.75, 3.05) is 26.9 Å². The molecule has 0 aromatic heterocycles. The van der Waals surface area contributed by atoms with Crippen molar-refractivity contribution in [2.24, 2.45) is 5.92 Å². The average molecular weight is 518 g/mol. The molecule has 0 bridgehead atoms. The van der Waals surface area contributed by atoms with Crippen molar-refractivity contribution in [3.8, 4) is 0 Å². The highest BCUT2D eigenvalue weighted by Crippen LogP contribution is 2.39. The number of carbonyl (C=O) groups excluding carboxylic acids is 3. The van der Waals surface area contributed by atoms with E-state index in [2.05, 4.69) is 0 Å². The molecule has 0 saturated carbocycles. The van der Waals surface area contributed by atoms with Gasteiger partial charge in [0, 0.05) is 26.7 Å². The van der Waals surface area contributed by atoms with E-state index >= 15 is 0 Å². The van der Waals surface area contributed by atoms with Crippen LogP contribution in [-0.4, -0.2) is 97.6 Å². The lowest BCUT2D eigenvalue weighted by Gasteiger charge is -2.46. The monoisotopic (exact) mass is 517 g/mol. The van der Waals surface area contributed by atoms with Crippen LogP contribution in [0.4, 0.5) is 0 Å². The van der Waals surface area contributed by atoms with Crippen molar-refractivity contribution in [2.45, 2.75) is 110 Å². The van der Waals surface area contributed by atoms with E-state index in [1.54, 1.807) is 12.2 Å². The molecule has 2 rings (SSSR count). The van der Waals surface area contributed by atoms with E-state index in [-0.39, 0.29) is 19.3 Å². The zero-order valence-corrected chi connectivity index (χ0v) is 23.2. The molecule has 0 amide bonds. The van der Waals surface area contributed by atoms with E-state index in [1.807, 2.05) is 41.5 Å². The van der Waals surface area contributed by atoms with Gasteiger partial charge in [0.25, 0.3) is 0 Å². The van der Waals surface area contributed by atoms with Gasteiger partial charge in [0.2, 0.25) is 0 Å². The number of hydrogen-bond donors (Lipinski definition) is 0. The van der Waals surface area contributed by atoms with E-state index in [9.17, 15) is 14.4 Å². The molecular weight excluding hydrogens is 474 g/mol. The van der Waals surface area contributed by atoms with Gasteiger partial charge in [0.1, 0.15) is 31.0 Å². The van der Waals surface area contributed by atoms with Crippen LogP contribution in [0.5, 0.6) is 0 Å². The zero-order chi connectivity index (χ0) is 27.4. The Morgan fingerprint density at radius 3 is 1.86 bits per heavy atom. The number of nitrogens with zero attached hydrogens (tertiary/aromatic N) is 1. The number of ether oxygens (including phenoxy) is 6. The first-order valence-electron chi connectivity index (χ1n) is 12.3. The molecule has 0 aromatic rings. The fourth-order valence-corrected chi connectivity index (χ4v) is 4.75. The van der Waals surface area contributed by atoms with Crippen LogP contribution < -0.4 is 0 Å². The van der Waals surface area contributed by atoms with Crippen LogP contribution in [0.2, 0.25) is 0 Å². The van der Waals surface area contributed by atoms with Crippen molar-refractivity contribution in [3.63, 3.8) is 0 Å². The maximum atomic E-state index is 12.2. The molecule has 2 fully saturated rings. The second kappa shape index (κ2) is 12.2. The molecule has 0 radical (unpaired) electrons. The molecule has 7 atom stereocenters. The smallest absolute Gasteiger partial charge is 0.303 e. The topological polar surface area (TPSA) is 119 Å². The van der Waals surface area contributed by atoms with E-state index in [0.717, 1.165) is 0 Å². The molecule has 11 heteroatoms. The van der Waals surface area contributed by atoms with Gasteiger partial charge in [-0.25, -0.2) is 0 Å². The summed E-state index contributed by atoms with van der Waals surface area (Å²) in [7, 11) is 1.55. The fraction of sp³-hybridized carbons (Fsp3) is 0.880. The average Bonchev–Trinajstić information content (AvgIpc) is 3.01. The second-order valence-electron chi connectivity index (χ2n) is 11.2. The SMILES string of the molecule is CON1C[C@@H](OC(C)(C)C)[C@H](OC(C)(C)C)[C@H]1C1COC(COC(C)=O)[C@H](OC(C)=O)C1OC(C)=O. The highest BCUT2D eigenvalue weighted by Gasteiger charge is 2.57. The molecule has 2 aliphatic heterocycles. The van der Waals surface area contributed by atoms with E-state index in [1.165, 1.54) is 20.8 Å². The highest BCUT2D eigenvalue weighted by atomic mass is 16.7. The number of rotatable bonds is 8. The Morgan fingerprint density at radius 2 is 1.39 bits per heavy atom. The molecule has 0 aromatic carbocycles. The molecule has 0 spiro atoms. The van der Waals surface area contributed by atoms with Crippen LogP contribution in [0.3, 0.4) is 0 Å². The second-order valence-corrected chi connectivity index (χ2v) is 11.2. The summed E-state index contributed by atoms with van der Waals surface area (Å²) in [6, 6.07) is -0.473. The summed E-state index contributed by atoms with van der Waals surface area (Å²) in [5.41, 5.74) is -0.974. The summed E-state index contributed by atoms with van der Waals surface area (Å²) in [5.74, 6) is -2.16. The highest BCUT2D eigenvalue weighted by molar-refractivity contribution is 5.67. The Morgan fingerprint density at radius 1 is 0.833 bits per heavy atom. The first kappa shape index (κ1) is 30.4. The maximum absolute atomic E-state index is 12.2. The predicted molar refractivity (Wildman–Crippen MR) is 128 cm³/mol. The minimum atomic E-state index is -1.01. The Kier molecular flexibility index (Phi) is 10.3. The lowest BCUT2D eigenvalue weighted by Crippen LogP contribution is -2.61. The van der Waals surface area contributed by atoms with E-state index < -0.39 is 65.5 Å². The normalized spacial score (nSPS) is 31.7. The third kappa shape index (κ3) is 8.65. The summed E-state index contributed by atoms with van der Waals surface area (Å²) >= 11 is 0. The van der Waals surface area contributed by atoms with Gasteiger partial charge in [-0.3, -0.25) is 14.4 Å². The fourth-order valence-electron chi connectivity index (χ4n) is 4.75. The molecule has 2 heterocycles. The van der Waals surface area contributed by atoms with Gasteiger partial charge in [0.15, 0.2) is 6.10 Å². The molecular formula is C25H43NO10. The van der Waals surface area contributed by atoms with Gasteiger partial charge in [-0.05, 0) is 41.5 Å². The van der Waals surface area contributed by atoms with Gasteiger partial charge in [-0.1, -0.05) is 0 Å². The van der Waals surface area contributed by atoms with E-state index in [4.69, 9.17) is 33.3 Å². The van der Waals surface area contributed by atoms with Gasteiger partial charge >= 0.3 is 17.9 Å². The minimum Gasteiger partial charge on any atom is -0.463 e. The van der Waals surface area contributed by atoms with Gasteiger partial charge in [0.05, 0.1) is 37.5 Å². The number of hydrogen-bond acceptors (Lipinski definition) is 11. The Bertz CT molecular complexity index is 774. The van der Waals surface area contributed by atoms with Crippen molar-refractivity contribution in [3.05, 3.63) is 0 Å². The molecule has 11 nitrogen and oxygen atoms in total. The van der Waals surface area contributed by atoms with Crippen molar-refractivity contribution in [1.29, 1.82) is 0 Å².